The van der Waals surface area contributed by atoms with Gasteiger partial charge in [0.15, 0.2) is 0 Å². The van der Waals surface area contributed by atoms with Gasteiger partial charge in [0, 0.05) is 18.4 Å². The molecule has 0 aromatic rings. The van der Waals surface area contributed by atoms with Crippen LogP contribution in [-0.2, 0) is 0 Å². The van der Waals surface area contributed by atoms with Crippen molar-refractivity contribution in [3.63, 3.8) is 0 Å². The highest BCUT2D eigenvalue weighted by atomic mass is 15.1. The summed E-state index contributed by atoms with van der Waals surface area (Å²) in [5.74, 6) is 0. The van der Waals surface area contributed by atoms with E-state index >= 15 is 0 Å². The van der Waals surface area contributed by atoms with E-state index in [0.29, 0.717) is 5.41 Å². The van der Waals surface area contributed by atoms with Crippen molar-refractivity contribution in [2.75, 3.05) is 6.54 Å². The molecule has 1 aliphatic rings. The van der Waals surface area contributed by atoms with E-state index in [1.807, 2.05) is 19.1 Å². The largest absolute Gasteiger partial charge is 0.349 e. The molecular formula is C14H21N. The van der Waals surface area contributed by atoms with Crippen LogP contribution in [-0.4, -0.2) is 11.4 Å². The average molecular weight is 203 g/mol. The standard InChI is InChI=1S/C14H21N/c1-12(2)6-7-13(3)15-10-8-14(4,5)9-11-15/h6-8,10H,1,3,9,11H2,2,4-5H3/b7-6-. The first-order valence-corrected chi connectivity index (χ1v) is 5.39. The molecule has 1 nitrogen and oxygen atoms in total. The Bertz CT molecular complexity index is 318. The van der Waals surface area contributed by atoms with Crippen molar-refractivity contribution in [3.8, 4) is 0 Å². The second kappa shape index (κ2) is 4.52. The Kier molecular flexibility index (Phi) is 3.57. The average Bonchev–Trinajstić information content (AvgIpc) is 2.14. The van der Waals surface area contributed by atoms with Gasteiger partial charge in [0.25, 0.3) is 0 Å². The molecule has 1 heteroatoms. The molecule has 0 bridgehead atoms. The Hall–Kier alpha value is -1.24. The van der Waals surface area contributed by atoms with Crippen molar-refractivity contribution in [2.24, 2.45) is 5.41 Å². The molecule has 0 spiro atoms. The Morgan fingerprint density at radius 2 is 2.00 bits per heavy atom. The summed E-state index contributed by atoms with van der Waals surface area (Å²) in [6, 6.07) is 0. The van der Waals surface area contributed by atoms with Crippen LogP contribution < -0.4 is 0 Å². The fraction of sp³-hybridized carbons (Fsp3) is 0.429. The summed E-state index contributed by atoms with van der Waals surface area (Å²) in [7, 11) is 0. The zero-order valence-corrected chi connectivity index (χ0v) is 10.1. The summed E-state index contributed by atoms with van der Waals surface area (Å²) >= 11 is 0. The molecule has 1 rings (SSSR count). The predicted molar refractivity (Wildman–Crippen MR) is 67.3 cm³/mol. The van der Waals surface area contributed by atoms with Crippen molar-refractivity contribution in [3.05, 3.63) is 48.9 Å². The van der Waals surface area contributed by atoms with Crippen LogP contribution >= 0.6 is 0 Å². The van der Waals surface area contributed by atoms with Gasteiger partial charge in [-0.15, -0.1) is 0 Å². The SMILES string of the molecule is C=C(C)/C=C\C(=C)N1C=CC(C)(C)CC1. The maximum atomic E-state index is 4.04. The molecule has 0 N–H and O–H groups in total. The molecule has 0 unspecified atom stereocenters. The molecule has 15 heavy (non-hydrogen) atoms. The van der Waals surface area contributed by atoms with E-state index in [0.717, 1.165) is 17.8 Å². The highest BCUT2D eigenvalue weighted by molar-refractivity contribution is 5.24. The van der Waals surface area contributed by atoms with Crippen LogP contribution in [0.1, 0.15) is 27.2 Å². The Morgan fingerprint density at radius 1 is 1.33 bits per heavy atom. The van der Waals surface area contributed by atoms with Crippen LogP contribution in [0.2, 0.25) is 0 Å². The topological polar surface area (TPSA) is 3.24 Å². The number of hydrogen-bond acceptors (Lipinski definition) is 1. The molecule has 1 heterocycles. The molecule has 0 aliphatic carbocycles. The highest BCUT2D eigenvalue weighted by Gasteiger charge is 2.19. The van der Waals surface area contributed by atoms with E-state index in [1.54, 1.807) is 0 Å². The smallest absolute Gasteiger partial charge is 0.0333 e. The van der Waals surface area contributed by atoms with Gasteiger partial charge in [-0.25, -0.2) is 0 Å². The maximum Gasteiger partial charge on any atom is 0.0333 e. The monoisotopic (exact) mass is 203 g/mol. The second-order valence-electron chi connectivity index (χ2n) is 4.92. The summed E-state index contributed by atoms with van der Waals surface area (Å²) in [6.07, 6.45) is 9.56. The Balaban J connectivity index is 2.61. The fourth-order valence-electron chi connectivity index (χ4n) is 1.43. The fourth-order valence-corrected chi connectivity index (χ4v) is 1.43. The lowest BCUT2D eigenvalue weighted by molar-refractivity contribution is 0.323. The van der Waals surface area contributed by atoms with Crippen LogP contribution in [0.25, 0.3) is 0 Å². The number of allylic oxidation sites excluding steroid dienone is 4. The van der Waals surface area contributed by atoms with E-state index in [-0.39, 0.29) is 0 Å². The predicted octanol–water partition coefficient (Wildman–Crippen LogP) is 3.88. The van der Waals surface area contributed by atoms with Crippen LogP contribution in [0.5, 0.6) is 0 Å². The van der Waals surface area contributed by atoms with E-state index in [1.165, 1.54) is 6.42 Å². The van der Waals surface area contributed by atoms with Gasteiger partial charge in [0.05, 0.1) is 0 Å². The maximum absolute atomic E-state index is 4.04. The van der Waals surface area contributed by atoms with Crippen molar-refractivity contribution in [1.29, 1.82) is 0 Å². The summed E-state index contributed by atoms with van der Waals surface area (Å²) < 4.78 is 0. The molecule has 0 amide bonds. The lowest BCUT2D eigenvalue weighted by atomic mass is 9.87. The first-order valence-electron chi connectivity index (χ1n) is 5.39. The second-order valence-corrected chi connectivity index (χ2v) is 4.92. The summed E-state index contributed by atoms with van der Waals surface area (Å²) in [5.41, 5.74) is 2.41. The molecular weight excluding hydrogens is 182 g/mol. The lowest BCUT2D eigenvalue weighted by Gasteiger charge is -2.32. The third-order valence-electron chi connectivity index (χ3n) is 2.63. The van der Waals surface area contributed by atoms with Gasteiger partial charge in [-0.05, 0) is 24.8 Å². The van der Waals surface area contributed by atoms with Crippen molar-refractivity contribution in [2.45, 2.75) is 27.2 Å². The minimum absolute atomic E-state index is 0.328. The van der Waals surface area contributed by atoms with Crippen molar-refractivity contribution in [1.82, 2.24) is 4.90 Å². The minimum atomic E-state index is 0.328. The summed E-state index contributed by atoms with van der Waals surface area (Å²) in [5, 5.41) is 0. The van der Waals surface area contributed by atoms with Gasteiger partial charge in [-0.1, -0.05) is 44.7 Å². The molecule has 82 valence electrons. The third-order valence-corrected chi connectivity index (χ3v) is 2.63. The Labute approximate surface area is 93.5 Å². The normalized spacial score (nSPS) is 19.5. The molecule has 0 aromatic heterocycles. The van der Waals surface area contributed by atoms with Crippen LogP contribution in [0.3, 0.4) is 0 Å². The number of nitrogens with zero attached hydrogens (tertiary/aromatic N) is 1. The van der Waals surface area contributed by atoms with E-state index < -0.39 is 0 Å². The first kappa shape index (κ1) is 11.8. The molecule has 0 saturated carbocycles. The zero-order chi connectivity index (χ0) is 11.5. The van der Waals surface area contributed by atoms with Gasteiger partial charge in [-0.2, -0.15) is 0 Å². The van der Waals surface area contributed by atoms with E-state index in [4.69, 9.17) is 0 Å². The third kappa shape index (κ3) is 3.78. The molecule has 0 aromatic carbocycles. The van der Waals surface area contributed by atoms with Crippen molar-refractivity contribution < 1.29 is 0 Å². The Morgan fingerprint density at radius 3 is 2.47 bits per heavy atom. The molecule has 0 radical (unpaired) electrons. The van der Waals surface area contributed by atoms with Gasteiger partial charge in [-0.3, -0.25) is 0 Å². The lowest BCUT2D eigenvalue weighted by Crippen LogP contribution is -2.26. The molecule has 1 aliphatic heterocycles. The van der Waals surface area contributed by atoms with Crippen molar-refractivity contribution >= 4 is 0 Å². The number of rotatable bonds is 3. The van der Waals surface area contributed by atoms with Crippen LogP contribution in [0, 0.1) is 5.41 Å². The van der Waals surface area contributed by atoms with Gasteiger partial charge in [0.1, 0.15) is 0 Å². The van der Waals surface area contributed by atoms with E-state index in [9.17, 15) is 0 Å². The first-order chi connectivity index (χ1) is 6.91. The molecule has 0 fully saturated rings. The zero-order valence-electron chi connectivity index (χ0n) is 10.1. The van der Waals surface area contributed by atoms with E-state index in [2.05, 4.69) is 44.2 Å². The summed E-state index contributed by atoms with van der Waals surface area (Å²) in [4.78, 5) is 2.19. The van der Waals surface area contributed by atoms with Crippen LogP contribution in [0.4, 0.5) is 0 Å². The molecule has 0 saturated heterocycles. The van der Waals surface area contributed by atoms with Crippen LogP contribution in [0.15, 0.2) is 48.9 Å². The van der Waals surface area contributed by atoms with Gasteiger partial charge < -0.3 is 4.90 Å². The van der Waals surface area contributed by atoms with Gasteiger partial charge >= 0.3 is 0 Å². The molecule has 0 atom stereocenters. The number of hydrogen-bond donors (Lipinski definition) is 0. The van der Waals surface area contributed by atoms with Gasteiger partial charge in [0.2, 0.25) is 0 Å². The summed E-state index contributed by atoms with van der Waals surface area (Å²) in [6.45, 7) is 15.4. The minimum Gasteiger partial charge on any atom is -0.349 e. The quantitative estimate of drug-likeness (QED) is 0.629. The highest BCUT2D eigenvalue weighted by Crippen LogP contribution is 2.28.